The van der Waals surface area contributed by atoms with Gasteiger partial charge in [-0.25, -0.2) is 0 Å². The molecule has 2 atom stereocenters. The Bertz CT molecular complexity index is 1870. The smallest absolute Gasteiger partial charge is 0.471 e. The number of nitrogens with zero attached hydrogens (tertiary/aromatic N) is 3. The van der Waals surface area contributed by atoms with Gasteiger partial charge in [-0.3, -0.25) is 29.3 Å². The summed E-state index contributed by atoms with van der Waals surface area (Å²) in [7, 11) is 1.27. The quantitative estimate of drug-likeness (QED) is 0.127. The highest BCUT2D eigenvalue weighted by Crippen LogP contribution is 2.44. The number of halogens is 3. The van der Waals surface area contributed by atoms with Crippen LogP contribution in [0.5, 0.6) is 5.75 Å². The zero-order valence-corrected chi connectivity index (χ0v) is 25.5. The molecule has 2 aromatic heterocycles. The molecular formula is C29H31F3N6O9. The third-order valence-electron chi connectivity index (χ3n) is 7.04. The van der Waals surface area contributed by atoms with E-state index in [1.54, 1.807) is 26.1 Å². The lowest BCUT2D eigenvalue weighted by molar-refractivity contribution is -0.386. The van der Waals surface area contributed by atoms with Crippen molar-refractivity contribution in [3.8, 4) is 17.6 Å². The monoisotopic (exact) mass is 664 g/mol. The fourth-order valence-corrected chi connectivity index (χ4v) is 4.98. The van der Waals surface area contributed by atoms with Gasteiger partial charge in [-0.2, -0.15) is 18.2 Å². The fraction of sp³-hybridized carbons (Fsp3) is 0.414. The second-order valence-electron chi connectivity index (χ2n) is 11.4. The molecule has 0 radical (unpaired) electrons. The predicted octanol–water partition coefficient (Wildman–Crippen LogP) is 3.24. The molecule has 1 aromatic carbocycles. The number of H-pyrrole nitrogens is 1. The summed E-state index contributed by atoms with van der Waals surface area (Å²) < 4.78 is 56.1. The van der Waals surface area contributed by atoms with Crippen LogP contribution in [0.3, 0.4) is 0 Å². The molecule has 1 aliphatic heterocycles. The number of benzene rings is 1. The van der Waals surface area contributed by atoms with E-state index in [0.717, 1.165) is 6.07 Å². The van der Waals surface area contributed by atoms with E-state index in [1.807, 2.05) is 0 Å². The summed E-state index contributed by atoms with van der Waals surface area (Å²) in [5.74, 6) is 2.28. The van der Waals surface area contributed by atoms with Crippen molar-refractivity contribution in [2.75, 3.05) is 26.0 Å². The summed E-state index contributed by atoms with van der Waals surface area (Å²) in [6.07, 6.45) is -5.49. The van der Waals surface area contributed by atoms with Crippen LogP contribution in [0.4, 0.5) is 24.8 Å². The number of aromatic amines is 1. The normalized spacial score (nSPS) is 15.6. The fourth-order valence-electron chi connectivity index (χ4n) is 4.98. The van der Waals surface area contributed by atoms with Crippen LogP contribution in [0.2, 0.25) is 0 Å². The van der Waals surface area contributed by atoms with Gasteiger partial charge >= 0.3 is 12.1 Å². The summed E-state index contributed by atoms with van der Waals surface area (Å²) in [6.45, 7) is 3.80. The Labute approximate surface area is 264 Å². The number of ether oxygens (including phenoxy) is 3. The van der Waals surface area contributed by atoms with Crippen LogP contribution in [0, 0.1) is 27.4 Å². The highest BCUT2D eigenvalue weighted by molar-refractivity contribution is 5.82. The minimum absolute atomic E-state index is 0.0224. The molecule has 4 rings (SSSR count). The van der Waals surface area contributed by atoms with Crippen molar-refractivity contribution < 1.29 is 47.3 Å². The first kappa shape index (κ1) is 34.6. The number of nitrogen functional groups attached to an aromatic ring is 1. The maximum atomic E-state index is 13.0. The first-order valence-electron chi connectivity index (χ1n) is 13.9. The third kappa shape index (κ3) is 7.42. The van der Waals surface area contributed by atoms with Gasteiger partial charge in [0.1, 0.15) is 18.1 Å². The molecule has 0 saturated carbocycles. The van der Waals surface area contributed by atoms with Gasteiger partial charge in [0, 0.05) is 17.8 Å². The number of nitrogens with one attached hydrogen (secondary N) is 2. The molecule has 0 unspecified atom stereocenters. The SMILES string of the molecule is COc1cc([C@@H](OCc2cn([C@H]3CC(O)=C(CO)O3)c3nc(N)[nH]c(=O)c23)C(C)(C)C)c([N+](=O)[O-])cc1C#CCNC(=O)C(F)(F)F. The number of methoxy groups -OCH3 is 1. The zero-order chi connectivity index (χ0) is 34.8. The second-order valence-corrected chi connectivity index (χ2v) is 11.4. The molecule has 1 aliphatic rings. The molecule has 1 amide bonds. The maximum Gasteiger partial charge on any atom is 0.471 e. The highest BCUT2D eigenvalue weighted by atomic mass is 19.4. The van der Waals surface area contributed by atoms with E-state index in [9.17, 15) is 43.1 Å². The molecule has 3 aromatic rings. The van der Waals surface area contributed by atoms with E-state index in [0.29, 0.717) is 5.56 Å². The highest BCUT2D eigenvalue weighted by Gasteiger charge is 2.38. The number of aliphatic hydroxyl groups is 2. The van der Waals surface area contributed by atoms with E-state index in [-0.39, 0.29) is 58.4 Å². The van der Waals surface area contributed by atoms with Gasteiger partial charge < -0.3 is 35.5 Å². The molecule has 0 saturated heterocycles. The Kier molecular flexibility index (Phi) is 9.73. The summed E-state index contributed by atoms with van der Waals surface area (Å²) in [4.78, 5) is 42.3. The molecule has 15 nitrogen and oxygen atoms in total. The van der Waals surface area contributed by atoms with Crippen molar-refractivity contribution >= 4 is 28.6 Å². The maximum absolute atomic E-state index is 13.0. The Morgan fingerprint density at radius 1 is 1.36 bits per heavy atom. The van der Waals surface area contributed by atoms with Crippen molar-refractivity contribution in [2.24, 2.45) is 5.41 Å². The number of nitrogens with two attached hydrogens (primary N) is 1. The van der Waals surface area contributed by atoms with E-state index < -0.39 is 59.2 Å². The Balaban J connectivity index is 1.71. The van der Waals surface area contributed by atoms with Crippen LogP contribution in [0.25, 0.3) is 11.0 Å². The number of nitro groups is 1. The van der Waals surface area contributed by atoms with Gasteiger partial charge in [0.2, 0.25) is 5.95 Å². The average Bonchev–Trinajstić information content (AvgIpc) is 3.53. The van der Waals surface area contributed by atoms with Gasteiger partial charge in [0.05, 0.1) is 54.2 Å². The number of carbonyl (C=O) groups excluding carboxylic acids is 1. The number of rotatable bonds is 9. The van der Waals surface area contributed by atoms with Crippen molar-refractivity contribution in [1.82, 2.24) is 19.9 Å². The number of hydrogen-bond acceptors (Lipinski definition) is 11. The molecule has 6 N–H and O–H groups in total. The number of carbonyl (C=O) groups is 1. The molecule has 0 bridgehead atoms. The second kappa shape index (κ2) is 13.2. The third-order valence-corrected chi connectivity index (χ3v) is 7.04. The lowest BCUT2D eigenvalue weighted by Gasteiger charge is -2.31. The van der Waals surface area contributed by atoms with Crippen molar-refractivity contribution in [3.05, 3.63) is 67.0 Å². The first-order valence-corrected chi connectivity index (χ1v) is 13.9. The van der Waals surface area contributed by atoms with Crippen LogP contribution in [-0.2, 0) is 20.9 Å². The number of nitro benzene ring substituents is 1. The number of aromatic nitrogens is 3. The van der Waals surface area contributed by atoms with Crippen LogP contribution >= 0.6 is 0 Å². The van der Waals surface area contributed by atoms with Gasteiger partial charge in [-0.05, 0) is 11.5 Å². The van der Waals surface area contributed by atoms with Gasteiger partial charge in [0.25, 0.3) is 11.2 Å². The molecule has 0 aliphatic carbocycles. The Morgan fingerprint density at radius 2 is 2.06 bits per heavy atom. The standard InChI is InChI=1S/C29H31F3N6O9/c1-28(2,3)23(16-9-19(45-4)14(8-17(16)38(43)44)6-5-7-34-26(42)29(30,31)32)46-13-15-11-37(21-10-18(40)20(12-39)47-21)24-22(15)25(41)36-27(33)35-24/h8-9,11,21,23,39-40H,7,10,12-13H2,1-4H3,(H,34,42)(H3,33,35,36,41)/t21-,23-/m1/s1. The van der Waals surface area contributed by atoms with E-state index >= 15 is 0 Å². The van der Waals surface area contributed by atoms with Gasteiger partial charge in [0.15, 0.2) is 17.6 Å². The van der Waals surface area contributed by atoms with E-state index in [2.05, 4.69) is 21.8 Å². The Morgan fingerprint density at radius 3 is 2.64 bits per heavy atom. The van der Waals surface area contributed by atoms with Crippen molar-refractivity contribution in [1.29, 1.82) is 0 Å². The number of amides is 1. The lowest BCUT2D eigenvalue weighted by Crippen LogP contribution is -2.36. The topological polar surface area (TPSA) is 217 Å². The van der Waals surface area contributed by atoms with E-state index in [4.69, 9.17) is 19.9 Å². The minimum atomic E-state index is -5.10. The zero-order valence-electron chi connectivity index (χ0n) is 25.5. The summed E-state index contributed by atoms with van der Waals surface area (Å²) in [5.41, 5.74) is 4.44. The summed E-state index contributed by atoms with van der Waals surface area (Å²) in [5, 5.41) is 33.6. The molecule has 0 fully saturated rings. The van der Waals surface area contributed by atoms with Crippen molar-refractivity contribution in [2.45, 2.75) is 52.3 Å². The molecule has 252 valence electrons. The summed E-state index contributed by atoms with van der Waals surface area (Å²) in [6, 6.07) is 2.43. The number of anilines is 1. The predicted molar refractivity (Wildman–Crippen MR) is 159 cm³/mol. The number of alkyl halides is 3. The lowest BCUT2D eigenvalue weighted by atomic mass is 9.83. The number of aliphatic hydroxyl groups excluding tert-OH is 2. The van der Waals surface area contributed by atoms with Gasteiger partial charge in [-0.1, -0.05) is 32.6 Å². The van der Waals surface area contributed by atoms with Crippen LogP contribution in [-0.4, -0.2) is 62.0 Å². The first-order chi connectivity index (χ1) is 22.0. The van der Waals surface area contributed by atoms with Crippen molar-refractivity contribution in [3.63, 3.8) is 0 Å². The largest absolute Gasteiger partial charge is 0.508 e. The van der Waals surface area contributed by atoms with Crippen LogP contribution in [0.15, 0.2) is 34.6 Å². The van der Waals surface area contributed by atoms with Crippen LogP contribution < -0.4 is 21.3 Å². The number of hydrogen-bond donors (Lipinski definition) is 5. The average molecular weight is 665 g/mol. The molecule has 0 spiro atoms. The van der Waals surface area contributed by atoms with Crippen LogP contribution in [0.1, 0.15) is 56.2 Å². The Hall–Kier alpha value is -5.28. The summed E-state index contributed by atoms with van der Waals surface area (Å²) >= 11 is 0. The molecular weight excluding hydrogens is 633 g/mol. The molecule has 3 heterocycles. The molecule has 18 heteroatoms. The minimum Gasteiger partial charge on any atom is -0.508 e. The molecule has 47 heavy (non-hydrogen) atoms. The van der Waals surface area contributed by atoms with E-state index in [1.165, 1.54) is 23.9 Å². The number of fused-ring (bicyclic) bond motifs is 1. The van der Waals surface area contributed by atoms with Gasteiger partial charge in [-0.15, -0.1) is 0 Å².